The molecule has 6 heteroatoms. The molecule has 3 rings (SSSR count). The van der Waals surface area contributed by atoms with Crippen LogP contribution in [-0.4, -0.2) is 25.2 Å². The van der Waals surface area contributed by atoms with Gasteiger partial charge in [0.05, 0.1) is 24.3 Å². The number of carbonyl (C=O) groups excluding carboxylic acids is 2. The van der Waals surface area contributed by atoms with Crippen molar-refractivity contribution in [3.05, 3.63) is 83.7 Å². The monoisotopic (exact) mass is 618 g/mol. The molecule has 0 aliphatic rings. The standard InChI is InChI=1S/C39H51FO5/c1-4-6-7-8-9-10-11-12-13-14-15-16-27-43-34-23-21-32(22-24-34)31-17-19-33(20-18-31)38(41)45-35-25-26-36(37(40)28-35)39(42)44-29-30(3)5-2/h17-26,28,30H,4-16,27,29H2,1-3H3/t30-/m0/s1. The maximum atomic E-state index is 14.5. The van der Waals surface area contributed by atoms with Gasteiger partial charge in [-0.25, -0.2) is 14.0 Å². The van der Waals surface area contributed by atoms with E-state index in [-0.39, 0.29) is 23.8 Å². The van der Waals surface area contributed by atoms with Crippen molar-refractivity contribution in [2.45, 2.75) is 104 Å². The minimum absolute atomic E-state index is 0.0131. The molecule has 0 aromatic heterocycles. The second-order valence-corrected chi connectivity index (χ2v) is 12.0. The van der Waals surface area contributed by atoms with Crippen LogP contribution in [0, 0.1) is 11.7 Å². The fourth-order valence-electron chi connectivity index (χ4n) is 4.98. The van der Waals surface area contributed by atoms with Gasteiger partial charge in [0, 0.05) is 6.07 Å². The summed E-state index contributed by atoms with van der Waals surface area (Å²) in [4.78, 5) is 24.8. The second-order valence-electron chi connectivity index (χ2n) is 12.0. The van der Waals surface area contributed by atoms with Crippen LogP contribution in [0.5, 0.6) is 11.5 Å². The lowest BCUT2D eigenvalue weighted by Gasteiger charge is -2.11. The Balaban J connectivity index is 1.36. The van der Waals surface area contributed by atoms with Gasteiger partial charge in [0.1, 0.15) is 17.3 Å². The van der Waals surface area contributed by atoms with Gasteiger partial charge in [-0.05, 0) is 59.9 Å². The summed E-state index contributed by atoms with van der Waals surface area (Å²) in [7, 11) is 0. The predicted molar refractivity (Wildman–Crippen MR) is 180 cm³/mol. The van der Waals surface area contributed by atoms with E-state index in [1.165, 1.54) is 82.8 Å². The van der Waals surface area contributed by atoms with Gasteiger partial charge in [-0.2, -0.15) is 0 Å². The topological polar surface area (TPSA) is 61.8 Å². The van der Waals surface area contributed by atoms with E-state index < -0.39 is 17.8 Å². The van der Waals surface area contributed by atoms with Crippen molar-refractivity contribution in [2.24, 2.45) is 5.92 Å². The van der Waals surface area contributed by atoms with Crippen LogP contribution in [0.15, 0.2) is 66.7 Å². The van der Waals surface area contributed by atoms with Crippen LogP contribution in [0.4, 0.5) is 4.39 Å². The van der Waals surface area contributed by atoms with Crippen LogP contribution in [0.2, 0.25) is 0 Å². The molecule has 0 fully saturated rings. The molecule has 0 saturated carbocycles. The number of unbranched alkanes of at least 4 members (excludes halogenated alkanes) is 11. The molecular weight excluding hydrogens is 567 g/mol. The Kier molecular flexibility index (Phi) is 16.2. The maximum absolute atomic E-state index is 14.5. The summed E-state index contributed by atoms with van der Waals surface area (Å²) in [6, 6.07) is 18.7. The van der Waals surface area contributed by atoms with Gasteiger partial charge in [0.2, 0.25) is 0 Å². The number of rotatable bonds is 21. The van der Waals surface area contributed by atoms with Crippen molar-refractivity contribution < 1.29 is 28.2 Å². The first-order valence-electron chi connectivity index (χ1n) is 16.9. The van der Waals surface area contributed by atoms with E-state index in [0.29, 0.717) is 5.56 Å². The third kappa shape index (κ3) is 13.1. The minimum Gasteiger partial charge on any atom is -0.494 e. The molecule has 5 nitrogen and oxygen atoms in total. The van der Waals surface area contributed by atoms with Gasteiger partial charge < -0.3 is 14.2 Å². The maximum Gasteiger partial charge on any atom is 0.343 e. The van der Waals surface area contributed by atoms with Gasteiger partial charge in [-0.3, -0.25) is 0 Å². The molecule has 0 amide bonds. The molecule has 0 heterocycles. The Morgan fingerprint density at radius 1 is 0.667 bits per heavy atom. The Morgan fingerprint density at radius 3 is 1.76 bits per heavy atom. The molecule has 1 atom stereocenters. The van der Waals surface area contributed by atoms with Crippen molar-refractivity contribution in [3.63, 3.8) is 0 Å². The molecule has 0 aliphatic heterocycles. The van der Waals surface area contributed by atoms with Crippen LogP contribution in [0.3, 0.4) is 0 Å². The van der Waals surface area contributed by atoms with Crippen molar-refractivity contribution in [3.8, 4) is 22.6 Å². The summed E-state index contributed by atoms with van der Waals surface area (Å²) in [5, 5.41) is 0. The summed E-state index contributed by atoms with van der Waals surface area (Å²) in [5.74, 6) is -1.10. The molecule has 3 aromatic carbocycles. The average molecular weight is 619 g/mol. The number of esters is 2. The molecular formula is C39H51FO5. The van der Waals surface area contributed by atoms with Crippen LogP contribution in [0.1, 0.15) is 125 Å². The fourth-order valence-corrected chi connectivity index (χ4v) is 4.98. The van der Waals surface area contributed by atoms with E-state index in [1.807, 2.05) is 50.2 Å². The Morgan fingerprint density at radius 2 is 1.20 bits per heavy atom. The van der Waals surface area contributed by atoms with Crippen molar-refractivity contribution in [1.29, 1.82) is 0 Å². The quantitative estimate of drug-likeness (QED) is 0.0675. The number of hydrogen-bond donors (Lipinski definition) is 0. The largest absolute Gasteiger partial charge is 0.494 e. The predicted octanol–water partition coefficient (Wildman–Crippen LogP) is 11.0. The lowest BCUT2D eigenvalue weighted by molar-refractivity contribution is 0.0441. The van der Waals surface area contributed by atoms with Gasteiger partial charge in [0.25, 0.3) is 0 Å². The minimum atomic E-state index is -0.800. The molecule has 3 aromatic rings. The van der Waals surface area contributed by atoms with Crippen LogP contribution < -0.4 is 9.47 Å². The van der Waals surface area contributed by atoms with E-state index in [4.69, 9.17) is 14.2 Å². The highest BCUT2D eigenvalue weighted by atomic mass is 19.1. The number of ether oxygens (including phenoxy) is 3. The highest BCUT2D eigenvalue weighted by Gasteiger charge is 2.17. The fraction of sp³-hybridized carbons (Fsp3) is 0.487. The number of benzene rings is 3. The summed E-state index contributed by atoms with van der Waals surface area (Å²) in [6.07, 6.45) is 16.7. The van der Waals surface area contributed by atoms with E-state index in [2.05, 4.69) is 6.92 Å². The van der Waals surface area contributed by atoms with E-state index >= 15 is 0 Å². The molecule has 0 radical (unpaired) electrons. The number of hydrogen-bond acceptors (Lipinski definition) is 5. The first-order chi connectivity index (χ1) is 21.9. The lowest BCUT2D eigenvalue weighted by Crippen LogP contribution is -2.13. The Hall–Kier alpha value is -3.67. The average Bonchev–Trinajstić information content (AvgIpc) is 3.06. The highest BCUT2D eigenvalue weighted by Crippen LogP contribution is 2.24. The number of halogens is 1. The van der Waals surface area contributed by atoms with Crippen LogP contribution in [0.25, 0.3) is 11.1 Å². The van der Waals surface area contributed by atoms with Crippen LogP contribution in [-0.2, 0) is 4.74 Å². The third-order valence-corrected chi connectivity index (χ3v) is 8.14. The zero-order valence-electron chi connectivity index (χ0n) is 27.5. The zero-order valence-corrected chi connectivity index (χ0v) is 27.5. The molecule has 244 valence electrons. The van der Waals surface area contributed by atoms with Gasteiger partial charge >= 0.3 is 11.9 Å². The number of carbonyl (C=O) groups is 2. The summed E-state index contributed by atoms with van der Waals surface area (Å²) in [5.41, 5.74) is 2.10. The Bertz CT molecular complexity index is 1290. The summed E-state index contributed by atoms with van der Waals surface area (Å²) in [6.45, 7) is 7.15. The molecule has 45 heavy (non-hydrogen) atoms. The smallest absolute Gasteiger partial charge is 0.343 e. The lowest BCUT2D eigenvalue weighted by atomic mass is 10.0. The van der Waals surface area contributed by atoms with Gasteiger partial charge in [0.15, 0.2) is 0 Å². The molecule has 0 spiro atoms. The van der Waals surface area contributed by atoms with Gasteiger partial charge in [-0.15, -0.1) is 0 Å². The van der Waals surface area contributed by atoms with Crippen molar-refractivity contribution >= 4 is 11.9 Å². The van der Waals surface area contributed by atoms with Gasteiger partial charge in [-0.1, -0.05) is 122 Å². The second kappa shape index (κ2) is 20.4. The third-order valence-electron chi connectivity index (χ3n) is 8.14. The first kappa shape index (κ1) is 35.8. The first-order valence-corrected chi connectivity index (χ1v) is 16.9. The molecule has 0 saturated heterocycles. The molecule has 0 unspecified atom stereocenters. The normalized spacial score (nSPS) is 11.6. The molecule has 0 N–H and O–H groups in total. The summed E-state index contributed by atoms with van der Waals surface area (Å²) >= 11 is 0. The van der Waals surface area contributed by atoms with E-state index in [9.17, 15) is 14.0 Å². The van der Waals surface area contributed by atoms with Crippen molar-refractivity contribution in [2.75, 3.05) is 13.2 Å². The highest BCUT2D eigenvalue weighted by molar-refractivity contribution is 5.92. The molecule has 0 bridgehead atoms. The SMILES string of the molecule is CCCCCCCCCCCCCCOc1ccc(-c2ccc(C(=O)Oc3ccc(C(=O)OC[C@@H](C)CC)c(F)c3)cc2)cc1. The van der Waals surface area contributed by atoms with E-state index in [1.54, 1.807) is 12.1 Å². The van der Waals surface area contributed by atoms with Crippen molar-refractivity contribution in [1.82, 2.24) is 0 Å². The molecule has 0 aliphatic carbocycles. The Labute approximate surface area is 269 Å². The zero-order chi connectivity index (χ0) is 32.3. The van der Waals surface area contributed by atoms with E-state index in [0.717, 1.165) is 42.4 Å². The summed E-state index contributed by atoms with van der Waals surface area (Å²) < 4.78 is 31.0. The van der Waals surface area contributed by atoms with Crippen LogP contribution >= 0.6 is 0 Å².